The quantitative estimate of drug-likeness (QED) is 0.497. The number of hydrogen-bond acceptors (Lipinski definition) is 3. The number of hydrogen-bond donors (Lipinski definition) is 1. The molecule has 8 heteroatoms. The topological polar surface area (TPSA) is 36.8 Å². The molecule has 0 bridgehead atoms. The van der Waals surface area contributed by atoms with Crippen molar-refractivity contribution in [3.05, 3.63) is 49.4 Å². The normalized spacial score (nSPS) is 12.2. The summed E-state index contributed by atoms with van der Waals surface area (Å²) in [6, 6.07) is 7.31. The molecule has 0 unspecified atom stereocenters. The van der Waals surface area contributed by atoms with Gasteiger partial charge in [0.25, 0.3) is 0 Å². The van der Waals surface area contributed by atoms with Gasteiger partial charge in [0.15, 0.2) is 0 Å². The minimum Gasteiger partial charge on any atom is -0.378 e. The maximum absolute atomic E-state index is 6.25. The summed E-state index contributed by atoms with van der Waals surface area (Å²) >= 11 is 22.9. The molecule has 0 fully saturated rings. The van der Waals surface area contributed by atoms with Crippen molar-refractivity contribution in [2.45, 2.75) is 6.54 Å². The zero-order valence-corrected chi connectivity index (χ0v) is 15.0. The van der Waals surface area contributed by atoms with Crippen LogP contribution < -0.4 is 5.32 Å². The molecule has 1 N–H and O–H groups in total. The molecule has 0 amide bonds. The maximum atomic E-state index is 6.25. The van der Waals surface area contributed by atoms with Gasteiger partial charge in [-0.15, -0.1) is 0 Å². The minimum atomic E-state index is 0.502. The fraction of sp³-hybridized carbons (Fsp3) is 0.0769. The first kappa shape index (κ1) is 15.3. The lowest BCUT2D eigenvalue weighted by atomic mass is 10.2. The van der Waals surface area contributed by atoms with Crippen LogP contribution in [0.1, 0.15) is 5.56 Å². The molecule has 21 heavy (non-hydrogen) atoms. The lowest BCUT2D eigenvalue weighted by Gasteiger charge is -2.13. The van der Waals surface area contributed by atoms with Crippen LogP contribution in [0, 0.1) is 0 Å². The summed E-state index contributed by atoms with van der Waals surface area (Å²) in [5.74, 6) is 0. The van der Waals surface area contributed by atoms with Crippen molar-refractivity contribution in [2.24, 2.45) is 8.73 Å². The molecule has 1 heterocycles. The van der Waals surface area contributed by atoms with Crippen molar-refractivity contribution in [1.29, 1.82) is 0 Å². The van der Waals surface area contributed by atoms with E-state index in [-0.39, 0.29) is 0 Å². The minimum absolute atomic E-state index is 0.502. The SMILES string of the molecule is Clc1ccc(CNc2c(Cl)cc(Cl)c3c2N=S=N3)c(Br)c1. The van der Waals surface area contributed by atoms with Crippen molar-refractivity contribution in [2.75, 3.05) is 5.32 Å². The third kappa shape index (κ3) is 3.12. The zero-order valence-electron chi connectivity index (χ0n) is 10.3. The Labute approximate surface area is 148 Å². The second kappa shape index (κ2) is 6.26. The molecule has 0 aliphatic carbocycles. The van der Waals surface area contributed by atoms with Gasteiger partial charge in [0.1, 0.15) is 11.4 Å². The van der Waals surface area contributed by atoms with Crippen molar-refractivity contribution >= 4 is 79.1 Å². The average Bonchev–Trinajstić information content (AvgIpc) is 2.90. The summed E-state index contributed by atoms with van der Waals surface area (Å²) < 4.78 is 9.36. The Balaban J connectivity index is 1.90. The standard InChI is InChI=1S/C13H7BrCl3N3S/c14-8-3-7(15)2-1-6(8)5-18-11-9(16)4-10(17)12-13(11)20-21-19-12/h1-4,18H,5H2. The molecule has 0 radical (unpaired) electrons. The number of halogens is 4. The molecule has 0 spiro atoms. The van der Waals surface area contributed by atoms with E-state index in [4.69, 9.17) is 34.8 Å². The van der Waals surface area contributed by atoms with Crippen LogP contribution in [0.15, 0.2) is 37.5 Å². The summed E-state index contributed by atoms with van der Waals surface area (Å²) in [6.07, 6.45) is 0. The second-order valence-corrected chi connectivity index (χ2v) is 6.90. The van der Waals surface area contributed by atoms with Crippen LogP contribution in [0.4, 0.5) is 17.1 Å². The summed E-state index contributed by atoms with van der Waals surface area (Å²) in [4.78, 5) is 0. The first-order valence-corrected chi connectivity index (χ1v) is 8.50. The van der Waals surface area contributed by atoms with Crippen LogP contribution in [0.2, 0.25) is 15.1 Å². The number of nitrogens with zero attached hydrogens (tertiary/aromatic N) is 2. The molecule has 1 aliphatic rings. The maximum Gasteiger partial charge on any atom is 0.130 e. The Hall–Kier alpha value is -0.590. The van der Waals surface area contributed by atoms with Crippen molar-refractivity contribution < 1.29 is 0 Å². The molecule has 1 aliphatic heterocycles. The third-order valence-electron chi connectivity index (χ3n) is 2.91. The fourth-order valence-corrected chi connectivity index (χ4v) is 3.89. The van der Waals surface area contributed by atoms with Crippen molar-refractivity contribution in [3.63, 3.8) is 0 Å². The highest BCUT2D eigenvalue weighted by Crippen LogP contribution is 2.47. The average molecular weight is 424 g/mol. The van der Waals surface area contributed by atoms with Gasteiger partial charge >= 0.3 is 0 Å². The van der Waals surface area contributed by atoms with Gasteiger partial charge in [0.05, 0.1) is 27.1 Å². The predicted molar refractivity (Wildman–Crippen MR) is 94.5 cm³/mol. The number of nitrogens with one attached hydrogen (secondary N) is 1. The van der Waals surface area contributed by atoms with Gasteiger partial charge in [-0.3, -0.25) is 0 Å². The van der Waals surface area contributed by atoms with Crippen molar-refractivity contribution in [3.8, 4) is 0 Å². The molecule has 0 aromatic heterocycles. The van der Waals surface area contributed by atoms with Crippen molar-refractivity contribution in [1.82, 2.24) is 0 Å². The molecule has 3 rings (SSSR count). The van der Waals surface area contributed by atoms with E-state index in [0.29, 0.717) is 33.0 Å². The van der Waals surface area contributed by atoms with Gasteiger partial charge in [0, 0.05) is 16.0 Å². The Bertz CT molecular complexity index is 804. The highest BCUT2D eigenvalue weighted by atomic mass is 79.9. The van der Waals surface area contributed by atoms with Gasteiger partial charge in [-0.05, 0) is 23.8 Å². The zero-order chi connectivity index (χ0) is 15.0. The number of benzene rings is 2. The smallest absolute Gasteiger partial charge is 0.130 e. The van der Waals surface area contributed by atoms with E-state index in [1.54, 1.807) is 6.07 Å². The van der Waals surface area contributed by atoms with E-state index >= 15 is 0 Å². The lowest BCUT2D eigenvalue weighted by Crippen LogP contribution is -2.01. The Morgan fingerprint density at radius 1 is 1.05 bits per heavy atom. The van der Waals surface area contributed by atoms with Gasteiger partial charge in [-0.2, -0.15) is 8.73 Å². The summed E-state index contributed by atoms with van der Waals surface area (Å²) in [7, 11) is 0. The number of fused-ring (bicyclic) bond motifs is 1. The summed E-state index contributed by atoms with van der Waals surface area (Å²) in [5.41, 5.74) is 3.12. The number of anilines is 1. The van der Waals surface area contributed by atoms with Crippen LogP contribution in [0.25, 0.3) is 0 Å². The molecule has 108 valence electrons. The molecular weight excluding hydrogens is 416 g/mol. The van der Waals surface area contributed by atoms with E-state index in [2.05, 4.69) is 30.0 Å². The van der Waals surface area contributed by atoms with Gasteiger partial charge in [0.2, 0.25) is 0 Å². The molecule has 0 saturated carbocycles. The Kier molecular flexibility index (Phi) is 4.57. The largest absolute Gasteiger partial charge is 0.378 e. The molecule has 2 aromatic carbocycles. The lowest BCUT2D eigenvalue weighted by molar-refractivity contribution is 1.14. The van der Waals surface area contributed by atoms with Crippen LogP contribution in [0.5, 0.6) is 0 Å². The molecule has 3 nitrogen and oxygen atoms in total. The molecular formula is C13H7BrCl3N3S. The molecule has 2 aromatic rings. The van der Waals surface area contributed by atoms with Crippen LogP contribution in [-0.2, 0) is 17.9 Å². The third-order valence-corrected chi connectivity index (χ3v) is 5.00. The van der Waals surface area contributed by atoms with Crippen LogP contribution >= 0.6 is 50.7 Å². The van der Waals surface area contributed by atoms with E-state index in [9.17, 15) is 0 Å². The van der Waals surface area contributed by atoms with E-state index in [0.717, 1.165) is 27.1 Å². The fourth-order valence-electron chi connectivity index (χ4n) is 1.89. The molecule has 0 saturated heterocycles. The summed E-state index contributed by atoms with van der Waals surface area (Å²) in [6.45, 7) is 0.575. The first-order chi connectivity index (χ1) is 10.1. The van der Waals surface area contributed by atoms with Gasteiger partial charge in [-0.25, -0.2) is 0 Å². The monoisotopic (exact) mass is 421 g/mol. The van der Waals surface area contributed by atoms with Gasteiger partial charge in [-0.1, -0.05) is 56.8 Å². The van der Waals surface area contributed by atoms with Crippen LogP contribution in [0.3, 0.4) is 0 Å². The Morgan fingerprint density at radius 2 is 1.81 bits per heavy atom. The highest BCUT2D eigenvalue weighted by molar-refractivity contribution is 9.10. The van der Waals surface area contributed by atoms with E-state index in [1.165, 1.54) is 0 Å². The highest BCUT2D eigenvalue weighted by Gasteiger charge is 2.18. The van der Waals surface area contributed by atoms with E-state index in [1.807, 2.05) is 18.2 Å². The first-order valence-electron chi connectivity index (χ1n) is 5.84. The predicted octanol–water partition coefficient (Wildman–Crippen LogP) is 6.75. The molecule has 0 atom stereocenters. The summed E-state index contributed by atoms with van der Waals surface area (Å²) in [5, 5.41) is 4.99. The second-order valence-electron chi connectivity index (χ2n) is 4.27. The van der Waals surface area contributed by atoms with Gasteiger partial charge < -0.3 is 5.32 Å². The van der Waals surface area contributed by atoms with Crippen LogP contribution in [-0.4, -0.2) is 0 Å². The Morgan fingerprint density at radius 3 is 2.57 bits per heavy atom. The number of rotatable bonds is 3. The van der Waals surface area contributed by atoms with E-state index < -0.39 is 0 Å².